The van der Waals surface area contributed by atoms with Crippen LogP contribution in [0.3, 0.4) is 0 Å². The largest absolute Gasteiger partial charge is 0.413 e. The number of nitroso groups, excluding NO2 is 1. The van der Waals surface area contributed by atoms with Gasteiger partial charge < -0.3 is 19.0 Å². The van der Waals surface area contributed by atoms with Crippen LogP contribution in [0, 0.1) is 45.3 Å². The molecule has 5 fully saturated rings. The minimum Gasteiger partial charge on any atom is -0.413 e. The SMILES string of the molecule is CC1(C)OC2C(O1)C1CCCC[C@]1(C)C1C(O)C(CN=O)[C@]3(C)C(O[Si](C)(C)C(C)(C)C)CCC3C21. The summed E-state index contributed by atoms with van der Waals surface area (Å²) in [5.74, 6) is 0.191. The zero-order valence-electron chi connectivity index (χ0n) is 24.2. The number of hydrogen-bond acceptors (Lipinski definition) is 6. The van der Waals surface area contributed by atoms with E-state index in [1.165, 1.54) is 12.8 Å². The molecular formula is C29H51NO5Si. The second-order valence-electron chi connectivity index (χ2n) is 15.4. The van der Waals surface area contributed by atoms with Crippen LogP contribution in [-0.4, -0.2) is 50.2 Å². The van der Waals surface area contributed by atoms with Gasteiger partial charge in [-0.1, -0.05) is 52.6 Å². The molecule has 36 heavy (non-hydrogen) atoms. The van der Waals surface area contributed by atoms with Crippen LogP contribution in [0.5, 0.6) is 0 Å². The van der Waals surface area contributed by atoms with Gasteiger partial charge in [0.05, 0.1) is 31.0 Å². The molecular weight excluding hydrogens is 470 g/mol. The van der Waals surface area contributed by atoms with Crippen molar-refractivity contribution in [1.82, 2.24) is 0 Å². The predicted molar refractivity (Wildman–Crippen MR) is 144 cm³/mol. The molecule has 9 unspecified atom stereocenters. The summed E-state index contributed by atoms with van der Waals surface area (Å²) in [6, 6.07) is 0. The number of ether oxygens (including phenoxy) is 2. The smallest absolute Gasteiger partial charge is 0.192 e. The average molecular weight is 522 g/mol. The Labute approximate surface area is 219 Å². The molecule has 6 nitrogen and oxygen atoms in total. The van der Waals surface area contributed by atoms with Crippen molar-refractivity contribution < 1.29 is 19.0 Å². The van der Waals surface area contributed by atoms with E-state index < -0.39 is 20.2 Å². The van der Waals surface area contributed by atoms with Gasteiger partial charge in [-0.15, -0.1) is 0 Å². The normalized spacial score (nSPS) is 50.1. The van der Waals surface area contributed by atoms with E-state index >= 15 is 0 Å². The maximum Gasteiger partial charge on any atom is 0.192 e. The fraction of sp³-hybridized carbons (Fsp3) is 1.00. The molecule has 7 heteroatoms. The Bertz CT molecular complexity index is 872. The first-order valence-electron chi connectivity index (χ1n) is 14.6. The number of nitrogens with zero attached hydrogens (tertiary/aromatic N) is 1. The van der Waals surface area contributed by atoms with Crippen LogP contribution in [0.4, 0.5) is 0 Å². The van der Waals surface area contributed by atoms with Gasteiger partial charge in [0.25, 0.3) is 0 Å². The highest BCUT2D eigenvalue weighted by Crippen LogP contribution is 2.70. The van der Waals surface area contributed by atoms with Crippen LogP contribution in [0.15, 0.2) is 5.18 Å². The zero-order chi connectivity index (χ0) is 26.5. The molecule has 5 aliphatic rings. The van der Waals surface area contributed by atoms with Gasteiger partial charge in [-0.3, -0.25) is 0 Å². The van der Waals surface area contributed by atoms with Crippen molar-refractivity contribution in [3.8, 4) is 0 Å². The molecule has 1 N–H and O–H groups in total. The maximum atomic E-state index is 12.3. The van der Waals surface area contributed by atoms with Crippen molar-refractivity contribution in [2.24, 2.45) is 45.6 Å². The molecule has 1 heterocycles. The number of fused-ring (bicyclic) bond motifs is 8. The maximum absolute atomic E-state index is 12.3. The van der Waals surface area contributed by atoms with Crippen molar-refractivity contribution >= 4 is 8.32 Å². The summed E-state index contributed by atoms with van der Waals surface area (Å²) >= 11 is 0. The van der Waals surface area contributed by atoms with Crippen LogP contribution >= 0.6 is 0 Å². The number of aliphatic hydroxyl groups is 1. The van der Waals surface area contributed by atoms with E-state index in [1.54, 1.807) is 0 Å². The Hall–Kier alpha value is -0.343. The number of hydrogen-bond donors (Lipinski definition) is 1. The first-order chi connectivity index (χ1) is 16.6. The quantitative estimate of drug-likeness (QED) is 0.337. The molecule has 0 aromatic heterocycles. The summed E-state index contributed by atoms with van der Waals surface area (Å²) < 4.78 is 20.6. The van der Waals surface area contributed by atoms with Gasteiger partial charge in [-0.25, -0.2) is 0 Å². The number of rotatable bonds is 4. The third-order valence-corrected chi connectivity index (χ3v) is 16.7. The molecule has 5 rings (SSSR count). The highest BCUT2D eigenvalue weighted by Gasteiger charge is 2.73. The molecule has 0 bridgehead atoms. The van der Waals surface area contributed by atoms with Gasteiger partial charge in [0.1, 0.15) is 0 Å². The molecule has 1 saturated heterocycles. The van der Waals surface area contributed by atoms with E-state index in [4.69, 9.17) is 13.9 Å². The fourth-order valence-electron chi connectivity index (χ4n) is 9.54. The molecule has 206 valence electrons. The van der Waals surface area contributed by atoms with Crippen molar-refractivity contribution in [1.29, 1.82) is 0 Å². The van der Waals surface area contributed by atoms with Crippen molar-refractivity contribution in [3.63, 3.8) is 0 Å². The highest BCUT2D eigenvalue weighted by molar-refractivity contribution is 6.74. The van der Waals surface area contributed by atoms with Gasteiger partial charge in [-0.05, 0) is 86.7 Å². The van der Waals surface area contributed by atoms with Crippen LogP contribution in [0.1, 0.15) is 87.0 Å². The van der Waals surface area contributed by atoms with Gasteiger partial charge in [0, 0.05) is 11.3 Å². The molecule has 0 spiro atoms. The Morgan fingerprint density at radius 1 is 1.00 bits per heavy atom. The molecule has 0 amide bonds. The zero-order valence-corrected chi connectivity index (χ0v) is 25.2. The lowest BCUT2D eigenvalue weighted by atomic mass is 9.41. The van der Waals surface area contributed by atoms with Crippen LogP contribution < -0.4 is 0 Å². The summed E-state index contributed by atoms with van der Waals surface area (Å²) in [5, 5.41) is 15.8. The summed E-state index contributed by atoms with van der Waals surface area (Å²) in [4.78, 5) is 11.9. The predicted octanol–water partition coefficient (Wildman–Crippen LogP) is 6.51. The molecule has 0 radical (unpaired) electrons. The second-order valence-corrected chi connectivity index (χ2v) is 20.1. The van der Waals surface area contributed by atoms with E-state index in [2.05, 4.69) is 66.7 Å². The summed E-state index contributed by atoms with van der Waals surface area (Å²) in [5.41, 5.74) is -0.337. The van der Waals surface area contributed by atoms with E-state index in [0.717, 1.165) is 25.7 Å². The molecule has 4 saturated carbocycles. The minimum atomic E-state index is -2.05. The van der Waals surface area contributed by atoms with E-state index in [9.17, 15) is 10.0 Å². The standard InChI is InChI=1S/C29H51NO5Si/c1-26(2,3)36(8,9)35-20-14-13-17-21-22(23(31)19(16-30-32)29(17,20)7)28(6)15-11-10-12-18(28)24-25(21)34-27(4,5)33-24/h17-25,31H,10-16H2,1-9H3/t17?,18?,19?,20?,21?,22?,23?,24?,25?,28-,29+/m0/s1. The molecule has 0 aromatic carbocycles. The number of aliphatic hydroxyl groups excluding tert-OH is 1. The minimum absolute atomic E-state index is 0.0167. The Morgan fingerprint density at radius 2 is 1.67 bits per heavy atom. The van der Waals surface area contributed by atoms with E-state index in [0.29, 0.717) is 11.8 Å². The van der Waals surface area contributed by atoms with E-state index in [-0.39, 0.29) is 58.5 Å². The van der Waals surface area contributed by atoms with E-state index in [1.807, 2.05) is 0 Å². The molecule has 1 aliphatic heterocycles. The lowest BCUT2D eigenvalue weighted by Crippen LogP contribution is -2.69. The summed E-state index contributed by atoms with van der Waals surface area (Å²) in [6.07, 6.45) is 6.16. The van der Waals surface area contributed by atoms with Gasteiger partial charge in [0.2, 0.25) is 0 Å². The monoisotopic (exact) mass is 521 g/mol. The van der Waals surface area contributed by atoms with Gasteiger partial charge >= 0.3 is 0 Å². The fourth-order valence-corrected chi connectivity index (χ4v) is 11.0. The summed E-state index contributed by atoms with van der Waals surface area (Å²) in [7, 11) is -2.05. The van der Waals surface area contributed by atoms with Crippen molar-refractivity contribution in [3.05, 3.63) is 4.91 Å². The summed E-state index contributed by atoms with van der Waals surface area (Å²) in [6.45, 7) is 20.5. The van der Waals surface area contributed by atoms with Crippen molar-refractivity contribution in [2.75, 3.05) is 6.54 Å². The topological polar surface area (TPSA) is 77.4 Å². The first kappa shape index (κ1) is 27.2. The Morgan fingerprint density at radius 3 is 2.31 bits per heavy atom. The Balaban J connectivity index is 1.60. The third kappa shape index (κ3) is 3.76. The Kier molecular flexibility index (Phi) is 6.49. The highest BCUT2D eigenvalue weighted by atomic mass is 28.4. The molecule has 4 aliphatic carbocycles. The van der Waals surface area contributed by atoms with Crippen molar-refractivity contribution in [2.45, 2.75) is 135 Å². The van der Waals surface area contributed by atoms with Gasteiger partial charge in [-0.2, -0.15) is 4.91 Å². The second kappa shape index (κ2) is 8.58. The molecule has 11 atom stereocenters. The van der Waals surface area contributed by atoms with Crippen LogP contribution in [0.2, 0.25) is 18.1 Å². The first-order valence-corrected chi connectivity index (χ1v) is 17.5. The van der Waals surface area contributed by atoms with Crippen LogP contribution in [-0.2, 0) is 13.9 Å². The van der Waals surface area contributed by atoms with Gasteiger partial charge in [0.15, 0.2) is 14.1 Å². The molecule has 0 aromatic rings. The third-order valence-electron chi connectivity index (χ3n) is 12.2. The average Bonchev–Trinajstić information content (AvgIpc) is 3.25. The van der Waals surface area contributed by atoms with Crippen LogP contribution in [0.25, 0.3) is 0 Å². The lowest BCUT2D eigenvalue weighted by Gasteiger charge is -2.66. The lowest BCUT2D eigenvalue weighted by molar-refractivity contribution is -0.241.